The highest BCUT2D eigenvalue weighted by Gasteiger charge is 2.12. The van der Waals surface area contributed by atoms with Gasteiger partial charge in [-0.05, 0) is 37.6 Å². The van der Waals surface area contributed by atoms with Gasteiger partial charge in [0.15, 0.2) is 0 Å². The van der Waals surface area contributed by atoms with Crippen molar-refractivity contribution in [3.8, 4) is 5.75 Å². The van der Waals surface area contributed by atoms with Crippen molar-refractivity contribution in [2.24, 2.45) is 0 Å². The van der Waals surface area contributed by atoms with E-state index in [1.165, 1.54) is 0 Å². The summed E-state index contributed by atoms with van der Waals surface area (Å²) in [6.07, 6.45) is 0.889. The smallest absolute Gasteiger partial charge is 0.125 e. The van der Waals surface area contributed by atoms with E-state index in [4.69, 9.17) is 4.74 Å². The van der Waals surface area contributed by atoms with Crippen LogP contribution < -0.4 is 4.74 Å². The molecular weight excluding hydrogens is 228 g/mol. The number of aliphatic hydroxyl groups excluding tert-OH is 1. The van der Waals surface area contributed by atoms with Crippen molar-refractivity contribution in [3.05, 3.63) is 53.6 Å². The number of aromatic nitrogens is 2. The molecule has 18 heavy (non-hydrogen) atoms. The van der Waals surface area contributed by atoms with Gasteiger partial charge in [-0.2, -0.15) is 0 Å². The Morgan fingerprint density at radius 1 is 1.33 bits per heavy atom. The Hall–Kier alpha value is -1.94. The second-order valence-electron chi connectivity index (χ2n) is 3.94. The van der Waals surface area contributed by atoms with E-state index in [0.717, 1.165) is 11.3 Å². The van der Waals surface area contributed by atoms with Crippen LogP contribution in [-0.2, 0) is 0 Å². The Balaban J connectivity index is 2.27. The van der Waals surface area contributed by atoms with Crippen LogP contribution in [0.2, 0.25) is 0 Å². The van der Waals surface area contributed by atoms with Gasteiger partial charge in [-0.25, -0.2) is 9.97 Å². The summed E-state index contributed by atoms with van der Waals surface area (Å²) in [6, 6.07) is 9.11. The Morgan fingerprint density at radius 2 is 2.17 bits per heavy atom. The van der Waals surface area contributed by atoms with E-state index in [1.54, 1.807) is 19.2 Å². The van der Waals surface area contributed by atoms with Crippen molar-refractivity contribution >= 4 is 0 Å². The lowest BCUT2D eigenvalue weighted by atomic mass is 10.1. The molecule has 0 amide bonds. The number of aryl methyl sites for hydroxylation is 1. The average Bonchev–Trinajstić information content (AvgIpc) is 2.39. The molecule has 1 heterocycles. The molecule has 0 aliphatic heterocycles. The summed E-state index contributed by atoms with van der Waals surface area (Å²) >= 11 is 0. The summed E-state index contributed by atoms with van der Waals surface area (Å²) in [7, 11) is 0. The first-order valence-electron chi connectivity index (χ1n) is 5.91. The summed E-state index contributed by atoms with van der Waals surface area (Å²) in [5.41, 5.74) is 1.36. The molecule has 0 spiro atoms. The third-order valence-electron chi connectivity index (χ3n) is 2.56. The molecule has 1 aromatic carbocycles. The molecule has 0 saturated carbocycles. The zero-order chi connectivity index (χ0) is 13.0. The SMILES string of the molecule is CCOc1cccc(C(O)c2ccnc(C)n2)c1. The molecule has 94 valence electrons. The van der Waals surface area contributed by atoms with Gasteiger partial charge < -0.3 is 9.84 Å². The van der Waals surface area contributed by atoms with Crippen molar-refractivity contribution in [1.82, 2.24) is 9.97 Å². The highest BCUT2D eigenvalue weighted by Crippen LogP contribution is 2.23. The zero-order valence-electron chi connectivity index (χ0n) is 10.5. The predicted molar refractivity (Wildman–Crippen MR) is 68.4 cm³/mol. The summed E-state index contributed by atoms with van der Waals surface area (Å²) in [4.78, 5) is 8.24. The van der Waals surface area contributed by atoms with Crippen LogP contribution in [0.3, 0.4) is 0 Å². The van der Waals surface area contributed by atoms with Crippen molar-refractivity contribution in [2.75, 3.05) is 6.61 Å². The van der Waals surface area contributed by atoms with E-state index in [0.29, 0.717) is 18.1 Å². The molecule has 4 nitrogen and oxygen atoms in total. The highest BCUT2D eigenvalue weighted by molar-refractivity contribution is 5.33. The first-order chi connectivity index (χ1) is 8.70. The lowest BCUT2D eigenvalue weighted by Gasteiger charge is -2.12. The maximum Gasteiger partial charge on any atom is 0.125 e. The summed E-state index contributed by atoms with van der Waals surface area (Å²) in [5.74, 6) is 1.40. The van der Waals surface area contributed by atoms with Gasteiger partial charge in [0, 0.05) is 6.20 Å². The van der Waals surface area contributed by atoms with E-state index < -0.39 is 6.10 Å². The zero-order valence-corrected chi connectivity index (χ0v) is 10.5. The number of nitrogens with zero attached hydrogens (tertiary/aromatic N) is 2. The number of rotatable bonds is 4. The molecule has 1 unspecified atom stereocenters. The molecule has 0 aliphatic carbocycles. The largest absolute Gasteiger partial charge is 0.494 e. The van der Waals surface area contributed by atoms with Gasteiger partial charge in [0.25, 0.3) is 0 Å². The summed E-state index contributed by atoms with van der Waals surface area (Å²) < 4.78 is 5.41. The number of hydrogen-bond donors (Lipinski definition) is 1. The fraction of sp³-hybridized carbons (Fsp3) is 0.286. The van der Waals surface area contributed by atoms with Gasteiger partial charge in [-0.15, -0.1) is 0 Å². The summed E-state index contributed by atoms with van der Waals surface area (Å²) in [5, 5.41) is 10.3. The fourth-order valence-electron chi connectivity index (χ4n) is 1.74. The standard InChI is InChI=1S/C14H16N2O2/c1-3-18-12-6-4-5-11(9-12)14(17)13-7-8-15-10(2)16-13/h4-9,14,17H,3H2,1-2H3. The van der Waals surface area contributed by atoms with Crippen molar-refractivity contribution in [2.45, 2.75) is 20.0 Å². The Labute approximate surface area is 106 Å². The molecule has 2 aromatic rings. The van der Waals surface area contributed by atoms with Crippen LogP contribution in [0.4, 0.5) is 0 Å². The van der Waals surface area contributed by atoms with Gasteiger partial charge in [0.1, 0.15) is 17.7 Å². The van der Waals surface area contributed by atoms with Crippen molar-refractivity contribution in [1.29, 1.82) is 0 Å². The highest BCUT2D eigenvalue weighted by atomic mass is 16.5. The number of ether oxygens (including phenoxy) is 1. The van der Waals surface area contributed by atoms with Crippen LogP contribution in [0.5, 0.6) is 5.75 Å². The van der Waals surface area contributed by atoms with Crippen molar-refractivity contribution < 1.29 is 9.84 Å². The van der Waals surface area contributed by atoms with Gasteiger partial charge in [-0.3, -0.25) is 0 Å². The minimum absolute atomic E-state index is 0.594. The fourth-order valence-corrected chi connectivity index (χ4v) is 1.74. The van der Waals surface area contributed by atoms with E-state index >= 15 is 0 Å². The van der Waals surface area contributed by atoms with Crippen LogP contribution in [-0.4, -0.2) is 21.7 Å². The van der Waals surface area contributed by atoms with Crippen LogP contribution in [0, 0.1) is 6.92 Å². The second kappa shape index (κ2) is 5.60. The second-order valence-corrected chi connectivity index (χ2v) is 3.94. The van der Waals surface area contributed by atoms with E-state index in [1.807, 2.05) is 31.2 Å². The molecule has 0 fully saturated rings. The quantitative estimate of drug-likeness (QED) is 0.896. The molecule has 2 rings (SSSR count). The molecule has 1 atom stereocenters. The number of benzene rings is 1. The van der Waals surface area contributed by atoms with Gasteiger partial charge in [0.2, 0.25) is 0 Å². The molecule has 1 N–H and O–H groups in total. The lowest BCUT2D eigenvalue weighted by Crippen LogP contribution is -2.04. The van der Waals surface area contributed by atoms with Crippen LogP contribution in [0.25, 0.3) is 0 Å². The third kappa shape index (κ3) is 2.84. The van der Waals surface area contributed by atoms with Gasteiger partial charge in [0.05, 0.1) is 12.3 Å². The molecule has 0 bridgehead atoms. The minimum Gasteiger partial charge on any atom is -0.494 e. The number of hydrogen-bond acceptors (Lipinski definition) is 4. The molecule has 1 aromatic heterocycles. The third-order valence-corrected chi connectivity index (χ3v) is 2.56. The number of aliphatic hydroxyl groups is 1. The van der Waals surface area contributed by atoms with E-state index in [2.05, 4.69) is 9.97 Å². The monoisotopic (exact) mass is 244 g/mol. The normalized spacial score (nSPS) is 12.2. The molecule has 0 aliphatic rings. The Kier molecular flexibility index (Phi) is 3.89. The molecule has 4 heteroatoms. The predicted octanol–water partition coefficient (Wildman–Crippen LogP) is 2.27. The minimum atomic E-state index is -0.757. The first-order valence-corrected chi connectivity index (χ1v) is 5.91. The van der Waals surface area contributed by atoms with Crippen LogP contribution >= 0.6 is 0 Å². The van der Waals surface area contributed by atoms with Gasteiger partial charge >= 0.3 is 0 Å². The van der Waals surface area contributed by atoms with Crippen LogP contribution in [0.1, 0.15) is 30.1 Å². The van der Waals surface area contributed by atoms with E-state index in [-0.39, 0.29) is 0 Å². The molecule has 0 radical (unpaired) electrons. The van der Waals surface area contributed by atoms with E-state index in [9.17, 15) is 5.11 Å². The topological polar surface area (TPSA) is 55.2 Å². The average molecular weight is 244 g/mol. The first kappa shape index (κ1) is 12.5. The Morgan fingerprint density at radius 3 is 2.89 bits per heavy atom. The Bertz CT molecular complexity index is 529. The lowest BCUT2D eigenvalue weighted by molar-refractivity contribution is 0.214. The van der Waals surface area contributed by atoms with Crippen molar-refractivity contribution in [3.63, 3.8) is 0 Å². The van der Waals surface area contributed by atoms with Crippen LogP contribution in [0.15, 0.2) is 36.5 Å². The maximum atomic E-state index is 10.3. The molecule has 0 saturated heterocycles. The summed E-state index contributed by atoms with van der Waals surface area (Å²) in [6.45, 7) is 4.33. The maximum absolute atomic E-state index is 10.3. The van der Waals surface area contributed by atoms with Gasteiger partial charge in [-0.1, -0.05) is 12.1 Å². The molecular formula is C14H16N2O2.